The molecule has 1 atom stereocenters. The molecule has 0 heterocycles. The SMILES string of the molecule is CC(Oc1ccc(F)cc1)C(=O)NNC(=O)c1cc(F)c(F)cc1Cl. The Morgan fingerprint density at radius 1 is 1.04 bits per heavy atom. The number of hydrazine groups is 1. The van der Waals surface area contributed by atoms with Crippen molar-refractivity contribution in [3.05, 3.63) is 64.4 Å². The number of ether oxygens (including phenoxy) is 1. The first-order valence-corrected chi connectivity index (χ1v) is 7.32. The first-order valence-electron chi connectivity index (χ1n) is 6.95. The van der Waals surface area contributed by atoms with Crippen LogP contribution in [0.15, 0.2) is 36.4 Å². The minimum atomic E-state index is -1.26. The van der Waals surface area contributed by atoms with Gasteiger partial charge in [-0.15, -0.1) is 0 Å². The van der Waals surface area contributed by atoms with Crippen LogP contribution >= 0.6 is 11.6 Å². The van der Waals surface area contributed by atoms with Crippen molar-refractivity contribution in [3.63, 3.8) is 0 Å². The zero-order valence-corrected chi connectivity index (χ0v) is 13.5. The molecule has 2 N–H and O–H groups in total. The van der Waals surface area contributed by atoms with E-state index in [9.17, 15) is 22.8 Å². The minimum Gasteiger partial charge on any atom is -0.481 e. The highest BCUT2D eigenvalue weighted by molar-refractivity contribution is 6.33. The first-order chi connectivity index (χ1) is 11.8. The average molecular weight is 373 g/mol. The Kier molecular flexibility index (Phi) is 5.87. The van der Waals surface area contributed by atoms with Crippen molar-refractivity contribution < 1.29 is 27.5 Å². The van der Waals surface area contributed by atoms with Crippen LogP contribution < -0.4 is 15.6 Å². The first kappa shape index (κ1) is 18.6. The molecule has 0 bridgehead atoms. The quantitative estimate of drug-likeness (QED) is 0.640. The molecule has 9 heteroatoms. The molecule has 132 valence electrons. The zero-order chi connectivity index (χ0) is 18.6. The van der Waals surface area contributed by atoms with Gasteiger partial charge in [0.15, 0.2) is 17.7 Å². The van der Waals surface area contributed by atoms with Gasteiger partial charge in [0.2, 0.25) is 0 Å². The Morgan fingerprint density at radius 3 is 2.28 bits per heavy atom. The van der Waals surface area contributed by atoms with Gasteiger partial charge < -0.3 is 4.74 Å². The second kappa shape index (κ2) is 7.89. The van der Waals surface area contributed by atoms with Crippen LogP contribution in [0.2, 0.25) is 5.02 Å². The number of amides is 2. The van der Waals surface area contributed by atoms with Crippen LogP contribution in [0.25, 0.3) is 0 Å². The second-order valence-corrected chi connectivity index (χ2v) is 5.31. The Labute approximate surface area is 145 Å². The van der Waals surface area contributed by atoms with Crippen LogP contribution in [0.5, 0.6) is 5.75 Å². The smallest absolute Gasteiger partial charge is 0.279 e. The molecule has 0 saturated carbocycles. The van der Waals surface area contributed by atoms with Crippen LogP contribution in [0, 0.1) is 17.5 Å². The van der Waals surface area contributed by atoms with E-state index in [2.05, 4.69) is 5.43 Å². The highest BCUT2D eigenvalue weighted by atomic mass is 35.5. The lowest BCUT2D eigenvalue weighted by molar-refractivity contribution is -0.128. The second-order valence-electron chi connectivity index (χ2n) is 4.90. The number of carbonyl (C=O) groups excluding carboxylic acids is 2. The molecule has 25 heavy (non-hydrogen) atoms. The number of hydrogen-bond acceptors (Lipinski definition) is 3. The predicted octanol–water partition coefficient (Wildman–Crippen LogP) is 2.99. The van der Waals surface area contributed by atoms with E-state index in [1.165, 1.54) is 19.1 Å². The maximum absolute atomic E-state index is 13.2. The number of nitrogens with one attached hydrogen (secondary N) is 2. The fourth-order valence-electron chi connectivity index (χ4n) is 1.75. The summed E-state index contributed by atoms with van der Waals surface area (Å²) in [4.78, 5) is 23.7. The van der Waals surface area contributed by atoms with E-state index in [1.54, 1.807) is 0 Å². The summed E-state index contributed by atoms with van der Waals surface area (Å²) in [6.45, 7) is 1.40. The van der Waals surface area contributed by atoms with Crippen molar-refractivity contribution in [1.29, 1.82) is 0 Å². The number of hydrogen-bond donors (Lipinski definition) is 2. The van der Waals surface area contributed by atoms with Gasteiger partial charge in [-0.05, 0) is 43.3 Å². The molecule has 0 saturated heterocycles. The predicted molar refractivity (Wildman–Crippen MR) is 83.5 cm³/mol. The molecule has 2 rings (SSSR count). The molecule has 2 amide bonds. The topological polar surface area (TPSA) is 67.4 Å². The summed E-state index contributed by atoms with van der Waals surface area (Å²) in [5.74, 6) is -4.33. The molecule has 0 spiro atoms. The van der Waals surface area contributed by atoms with Crippen LogP contribution in [0.3, 0.4) is 0 Å². The molecule has 0 fully saturated rings. The van der Waals surface area contributed by atoms with Crippen molar-refractivity contribution in [1.82, 2.24) is 10.9 Å². The van der Waals surface area contributed by atoms with Gasteiger partial charge in [0.05, 0.1) is 10.6 Å². The molecule has 0 aliphatic carbocycles. The van der Waals surface area contributed by atoms with Crippen molar-refractivity contribution in [2.75, 3.05) is 0 Å². The molecule has 0 radical (unpaired) electrons. The van der Waals surface area contributed by atoms with E-state index >= 15 is 0 Å². The van der Waals surface area contributed by atoms with Gasteiger partial charge in [-0.1, -0.05) is 11.6 Å². The van der Waals surface area contributed by atoms with Gasteiger partial charge >= 0.3 is 0 Å². The summed E-state index contributed by atoms with van der Waals surface area (Å²) < 4.78 is 44.2. The molecule has 0 aromatic heterocycles. The Morgan fingerprint density at radius 2 is 1.64 bits per heavy atom. The molecule has 5 nitrogen and oxygen atoms in total. The van der Waals surface area contributed by atoms with Gasteiger partial charge in [-0.2, -0.15) is 0 Å². The van der Waals surface area contributed by atoms with Crippen LogP contribution in [0.1, 0.15) is 17.3 Å². The summed E-state index contributed by atoms with van der Waals surface area (Å²) in [6.07, 6.45) is -1.02. The third kappa shape index (κ3) is 4.87. The number of rotatable bonds is 4. The molecule has 2 aromatic carbocycles. The fourth-order valence-corrected chi connectivity index (χ4v) is 1.99. The highest BCUT2D eigenvalue weighted by Crippen LogP contribution is 2.19. The van der Waals surface area contributed by atoms with Crippen molar-refractivity contribution in [2.45, 2.75) is 13.0 Å². The molecule has 1 unspecified atom stereocenters. The Hall–Kier alpha value is -2.74. The summed E-state index contributed by atoms with van der Waals surface area (Å²) in [5, 5.41) is -0.318. The fraction of sp³-hybridized carbons (Fsp3) is 0.125. The molecular weight excluding hydrogens is 361 g/mol. The lowest BCUT2D eigenvalue weighted by Crippen LogP contribution is -2.47. The van der Waals surface area contributed by atoms with Crippen molar-refractivity contribution in [3.8, 4) is 5.75 Å². The molecule has 2 aromatic rings. The van der Waals surface area contributed by atoms with Crippen LogP contribution in [0.4, 0.5) is 13.2 Å². The summed E-state index contributed by atoms with van der Waals surface area (Å²) in [7, 11) is 0. The number of benzene rings is 2. The largest absolute Gasteiger partial charge is 0.481 e. The summed E-state index contributed by atoms with van der Waals surface area (Å²) >= 11 is 5.66. The van der Waals surface area contributed by atoms with Crippen LogP contribution in [-0.2, 0) is 4.79 Å². The minimum absolute atomic E-state index is 0.249. The summed E-state index contributed by atoms with van der Waals surface area (Å²) in [6, 6.07) is 6.24. The van der Waals surface area contributed by atoms with Crippen molar-refractivity contribution in [2.24, 2.45) is 0 Å². The lowest BCUT2D eigenvalue weighted by Gasteiger charge is -2.15. The normalized spacial score (nSPS) is 11.6. The summed E-state index contributed by atoms with van der Waals surface area (Å²) in [5.41, 5.74) is 3.72. The van der Waals surface area contributed by atoms with Crippen LogP contribution in [-0.4, -0.2) is 17.9 Å². The molecular formula is C16H12ClF3N2O3. The number of carbonyl (C=O) groups is 2. The molecule has 0 aliphatic heterocycles. The molecule has 0 aliphatic rings. The average Bonchev–Trinajstić information content (AvgIpc) is 2.57. The Bertz CT molecular complexity index is 800. The van der Waals surface area contributed by atoms with E-state index in [1.807, 2.05) is 5.43 Å². The lowest BCUT2D eigenvalue weighted by atomic mass is 10.2. The van der Waals surface area contributed by atoms with E-state index in [0.29, 0.717) is 12.1 Å². The third-order valence-corrected chi connectivity index (χ3v) is 3.36. The monoisotopic (exact) mass is 372 g/mol. The van der Waals surface area contributed by atoms with Crippen molar-refractivity contribution >= 4 is 23.4 Å². The number of halogens is 4. The van der Waals surface area contributed by atoms with Gasteiger partial charge in [0.1, 0.15) is 11.6 Å². The highest BCUT2D eigenvalue weighted by Gasteiger charge is 2.18. The maximum Gasteiger partial charge on any atom is 0.279 e. The van der Waals surface area contributed by atoms with Gasteiger partial charge in [0, 0.05) is 0 Å². The zero-order valence-electron chi connectivity index (χ0n) is 12.8. The maximum atomic E-state index is 13.2. The van der Waals surface area contributed by atoms with E-state index in [0.717, 1.165) is 12.1 Å². The standard InChI is InChI=1S/C16H12ClF3N2O3/c1-8(25-10-4-2-9(18)3-5-10)15(23)21-22-16(24)11-6-13(19)14(20)7-12(11)17/h2-8H,1H3,(H,21,23)(H,22,24). The van der Waals surface area contributed by atoms with Gasteiger partial charge in [0.25, 0.3) is 11.8 Å². The third-order valence-electron chi connectivity index (χ3n) is 3.05. The van der Waals surface area contributed by atoms with E-state index < -0.39 is 35.4 Å². The van der Waals surface area contributed by atoms with Gasteiger partial charge in [-0.3, -0.25) is 20.4 Å². The van der Waals surface area contributed by atoms with E-state index in [-0.39, 0.29) is 16.3 Å². The Balaban J connectivity index is 1.93. The van der Waals surface area contributed by atoms with Gasteiger partial charge in [-0.25, -0.2) is 13.2 Å². The van der Waals surface area contributed by atoms with E-state index in [4.69, 9.17) is 16.3 Å².